The first-order valence-corrected chi connectivity index (χ1v) is 13.3. The van der Waals surface area contributed by atoms with E-state index in [1.54, 1.807) is 23.1 Å². The van der Waals surface area contributed by atoms with Crippen molar-refractivity contribution in [3.8, 4) is 5.75 Å². The molecule has 1 N–H and O–H groups in total. The molecule has 35 heavy (non-hydrogen) atoms. The summed E-state index contributed by atoms with van der Waals surface area (Å²) in [7, 11) is 0. The molecule has 0 saturated heterocycles. The van der Waals surface area contributed by atoms with Crippen molar-refractivity contribution in [1.29, 1.82) is 0 Å². The van der Waals surface area contributed by atoms with Gasteiger partial charge in [-0.3, -0.25) is 9.59 Å². The van der Waals surface area contributed by atoms with E-state index in [9.17, 15) is 9.59 Å². The highest BCUT2D eigenvalue weighted by molar-refractivity contribution is 6.36. The van der Waals surface area contributed by atoms with Gasteiger partial charge >= 0.3 is 0 Å². The zero-order valence-corrected chi connectivity index (χ0v) is 22.4. The number of halogens is 2. The van der Waals surface area contributed by atoms with E-state index in [1.165, 1.54) is 6.42 Å². The van der Waals surface area contributed by atoms with Gasteiger partial charge in [-0.2, -0.15) is 0 Å². The number of ether oxygens (including phenoxy) is 1. The van der Waals surface area contributed by atoms with Crippen LogP contribution < -0.4 is 10.1 Å². The third-order valence-corrected chi connectivity index (χ3v) is 7.33. The molecule has 0 heterocycles. The molecule has 0 aliphatic heterocycles. The minimum atomic E-state index is -0.652. The van der Waals surface area contributed by atoms with Crippen LogP contribution in [0.2, 0.25) is 10.0 Å². The Labute approximate surface area is 219 Å². The van der Waals surface area contributed by atoms with E-state index in [-0.39, 0.29) is 36.9 Å². The molecule has 2 aromatic rings. The molecule has 0 aromatic heterocycles. The first-order chi connectivity index (χ1) is 16.8. The normalized spacial score (nSPS) is 15.0. The van der Waals surface area contributed by atoms with Crippen molar-refractivity contribution < 1.29 is 14.3 Å². The van der Waals surface area contributed by atoms with Gasteiger partial charge in [0.2, 0.25) is 5.91 Å². The average molecular weight is 520 g/mol. The first-order valence-electron chi connectivity index (χ1n) is 12.6. The minimum absolute atomic E-state index is 0.128. The molecule has 0 bridgehead atoms. The maximum Gasteiger partial charge on any atom is 0.261 e. The Kier molecular flexibility index (Phi) is 10.3. The van der Waals surface area contributed by atoms with E-state index in [0.717, 1.165) is 31.2 Å². The fourth-order valence-electron chi connectivity index (χ4n) is 4.63. The Morgan fingerprint density at radius 3 is 2.31 bits per heavy atom. The van der Waals surface area contributed by atoms with E-state index >= 15 is 0 Å². The zero-order valence-electron chi connectivity index (χ0n) is 20.9. The summed E-state index contributed by atoms with van der Waals surface area (Å²) in [5.41, 5.74) is 1.65. The number of carbonyl (C=O) groups excluding carboxylic acids is 2. The van der Waals surface area contributed by atoms with Crippen LogP contribution in [0.3, 0.4) is 0 Å². The maximum absolute atomic E-state index is 13.6. The van der Waals surface area contributed by atoms with Crippen LogP contribution in [0, 0.1) is 0 Å². The second-order valence-electron chi connectivity index (χ2n) is 9.47. The lowest BCUT2D eigenvalue weighted by molar-refractivity contribution is -0.143. The molecule has 1 atom stereocenters. The molecule has 0 radical (unpaired) electrons. The largest absolute Gasteiger partial charge is 0.483 e. The van der Waals surface area contributed by atoms with E-state index in [1.807, 2.05) is 31.2 Å². The van der Waals surface area contributed by atoms with E-state index < -0.39 is 6.04 Å². The van der Waals surface area contributed by atoms with Gasteiger partial charge in [-0.15, -0.1) is 0 Å². The maximum atomic E-state index is 13.6. The molecule has 0 unspecified atom stereocenters. The summed E-state index contributed by atoms with van der Waals surface area (Å²) in [4.78, 5) is 28.5. The van der Waals surface area contributed by atoms with Crippen LogP contribution in [0.4, 0.5) is 0 Å². The van der Waals surface area contributed by atoms with Crippen LogP contribution in [0.5, 0.6) is 5.75 Å². The lowest BCUT2D eigenvalue weighted by Crippen LogP contribution is -2.52. The monoisotopic (exact) mass is 518 g/mol. The molecule has 2 aromatic carbocycles. The lowest BCUT2D eigenvalue weighted by atomic mass is 9.95. The summed E-state index contributed by atoms with van der Waals surface area (Å²) >= 11 is 12.9. The highest BCUT2D eigenvalue weighted by atomic mass is 35.5. The zero-order chi connectivity index (χ0) is 25.4. The topological polar surface area (TPSA) is 58.6 Å². The molecule has 1 saturated carbocycles. The number of amides is 2. The summed E-state index contributed by atoms with van der Waals surface area (Å²) in [6, 6.07) is 12.5. The molecule has 0 spiro atoms. The van der Waals surface area contributed by atoms with Gasteiger partial charge in [0.1, 0.15) is 11.8 Å². The Balaban J connectivity index is 1.83. The lowest BCUT2D eigenvalue weighted by Gasteiger charge is -2.33. The predicted octanol–water partition coefficient (Wildman–Crippen LogP) is 6.75. The number of para-hydroxylation sites is 1. The quantitative estimate of drug-likeness (QED) is 0.378. The highest BCUT2D eigenvalue weighted by Crippen LogP contribution is 2.29. The highest BCUT2D eigenvalue weighted by Gasteiger charge is 2.31. The summed E-state index contributed by atoms with van der Waals surface area (Å²) in [6.07, 6.45) is 5.85. The van der Waals surface area contributed by atoms with Crippen LogP contribution in [0.25, 0.3) is 0 Å². The number of hydrogen-bond donors (Lipinski definition) is 1. The SMILES string of the molecule is CC[C@H](C(=O)NC1CCCCC1)N(Cc1c(Cl)cccc1Cl)C(=O)COc1ccccc1C(C)C. The van der Waals surface area contributed by atoms with Gasteiger partial charge in [-0.05, 0) is 48.9 Å². The fourth-order valence-corrected chi connectivity index (χ4v) is 5.15. The third kappa shape index (κ3) is 7.37. The average Bonchev–Trinajstić information content (AvgIpc) is 2.85. The number of hydrogen-bond acceptors (Lipinski definition) is 3. The molecule has 3 rings (SSSR count). The van der Waals surface area contributed by atoms with Gasteiger partial charge in [0, 0.05) is 28.2 Å². The van der Waals surface area contributed by atoms with Crippen molar-refractivity contribution >= 4 is 35.0 Å². The molecule has 190 valence electrons. The second kappa shape index (κ2) is 13.2. The van der Waals surface area contributed by atoms with Crippen molar-refractivity contribution in [3.63, 3.8) is 0 Å². The Hall–Kier alpha value is -2.24. The van der Waals surface area contributed by atoms with Crippen molar-refractivity contribution in [2.24, 2.45) is 0 Å². The Morgan fingerprint density at radius 2 is 1.69 bits per heavy atom. The van der Waals surface area contributed by atoms with Crippen molar-refractivity contribution in [2.45, 2.75) is 83.8 Å². The fraction of sp³-hybridized carbons (Fsp3) is 0.500. The number of carbonyl (C=O) groups is 2. The van der Waals surface area contributed by atoms with Gasteiger partial charge in [-0.25, -0.2) is 0 Å². The van der Waals surface area contributed by atoms with Gasteiger partial charge in [-0.1, -0.05) is 87.5 Å². The van der Waals surface area contributed by atoms with E-state index in [0.29, 0.717) is 27.8 Å². The standard InChI is InChI=1S/C28H36Cl2N2O3/c1-4-25(28(34)31-20-11-6-5-7-12-20)32(17-22-23(29)14-10-15-24(22)30)27(33)18-35-26-16-9-8-13-21(26)19(2)3/h8-10,13-16,19-20,25H,4-7,11-12,17-18H2,1-3H3,(H,31,34)/t25-/m1/s1. The molecule has 7 heteroatoms. The summed E-state index contributed by atoms with van der Waals surface area (Å²) in [5.74, 6) is 0.499. The van der Waals surface area contributed by atoms with Crippen LogP contribution in [0.1, 0.15) is 76.3 Å². The van der Waals surface area contributed by atoms with Crippen molar-refractivity contribution in [1.82, 2.24) is 10.2 Å². The molecular weight excluding hydrogens is 483 g/mol. The third-order valence-electron chi connectivity index (χ3n) is 6.62. The number of rotatable bonds is 10. The summed E-state index contributed by atoms with van der Waals surface area (Å²) in [6.45, 7) is 6.02. The van der Waals surface area contributed by atoms with Crippen molar-refractivity contribution in [2.75, 3.05) is 6.61 Å². The van der Waals surface area contributed by atoms with Gasteiger partial charge in [0.15, 0.2) is 6.61 Å². The molecular formula is C28H36Cl2N2O3. The minimum Gasteiger partial charge on any atom is -0.483 e. The molecule has 1 fully saturated rings. The Morgan fingerprint density at radius 1 is 1.03 bits per heavy atom. The van der Waals surface area contributed by atoms with E-state index in [4.69, 9.17) is 27.9 Å². The first kappa shape index (κ1) is 27.3. The summed E-state index contributed by atoms with van der Waals surface area (Å²) in [5, 5.41) is 4.10. The van der Waals surface area contributed by atoms with Gasteiger partial charge < -0.3 is 15.0 Å². The Bertz CT molecular complexity index is 985. The number of nitrogens with one attached hydrogen (secondary N) is 1. The predicted molar refractivity (Wildman–Crippen MR) is 142 cm³/mol. The molecule has 2 amide bonds. The number of benzene rings is 2. The summed E-state index contributed by atoms with van der Waals surface area (Å²) < 4.78 is 5.97. The second-order valence-corrected chi connectivity index (χ2v) is 10.3. The van der Waals surface area contributed by atoms with Gasteiger partial charge in [0.05, 0.1) is 0 Å². The van der Waals surface area contributed by atoms with Crippen LogP contribution in [0.15, 0.2) is 42.5 Å². The molecule has 5 nitrogen and oxygen atoms in total. The smallest absolute Gasteiger partial charge is 0.261 e. The van der Waals surface area contributed by atoms with Crippen LogP contribution in [-0.2, 0) is 16.1 Å². The van der Waals surface area contributed by atoms with Gasteiger partial charge in [0.25, 0.3) is 5.91 Å². The van der Waals surface area contributed by atoms with Crippen LogP contribution in [-0.4, -0.2) is 35.4 Å². The van der Waals surface area contributed by atoms with Crippen LogP contribution >= 0.6 is 23.2 Å². The number of nitrogens with zero attached hydrogens (tertiary/aromatic N) is 1. The van der Waals surface area contributed by atoms with E-state index in [2.05, 4.69) is 19.2 Å². The molecule has 1 aliphatic rings. The van der Waals surface area contributed by atoms with Crippen molar-refractivity contribution in [3.05, 3.63) is 63.6 Å². The molecule has 1 aliphatic carbocycles.